The Morgan fingerprint density at radius 2 is 1.56 bits per heavy atom. The molecule has 0 unspecified atom stereocenters. The molecule has 0 spiro atoms. The van der Waals surface area contributed by atoms with E-state index in [1.807, 2.05) is 20.8 Å². The van der Waals surface area contributed by atoms with Crippen LogP contribution in [0.3, 0.4) is 0 Å². The van der Waals surface area contributed by atoms with Gasteiger partial charge < -0.3 is 21.3 Å². The number of anilines is 1. The van der Waals surface area contributed by atoms with Gasteiger partial charge in [-0.25, -0.2) is 4.39 Å². The first-order valence-corrected chi connectivity index (χ1v) is 7.50. The molecule has 0 aromatic heterocycles. The number of hydrogen-bond acceptors (Lipinski definition) is 3. The monoisotopic (exact) mass is 465 g/mol. The Hall–Kier alpha value is -1.91. The molecule has 0 aliphatic rings. The molecule has 140 valence electrons. The van der Waals surface area contributed by atoms with Crippen molar-refractivity contribution in [2.45, 2.75) is 26.3 Å². The highest BCUT2D eigenvalue weighted by Gasteiger charge is 2.13. The molecule has 0 radical (unpaired) electrons. The number of hydrogen-bond donors (Lipinski definition) is 4. The molecule has 0 saturated heterocycles. The second-order valence-corrected chi connectivity index (χ2v) is 6.13. The third-order valence-electron chi connectivity index (χ3n) is 2.70. The SMILES string of the molecule is CN=C(NCC(=O)Nc1ccc(F)cc1)NCC(=O)NC(C)(C)C.I. The Kier molecular flexibility index (Phi) is 10.0. The highest BCUT2D eigenvalue weighted by atomic mass is 127. The van der Waals surface area contributed by atoms with Gasteiger partial charge in [0.05, 0.1) is 13.1 Å². The van der Waals surface area contributed by atoms with E-state index >= 15 is 0 Å². The number of nitrogens with zero attached hydrogens (tertiary/aromatic N) is 1. The standard InChI is InChI=1S/C16H24FN5O2.HI/c1-16(2,3)22-14(24)10-20-15(18-4)19-9-13(23)21-12-7-5-11(17)6-8-12;/h5-8H,9-10H2,1-4H3,(H,21,23)(H,22,24)(H2,18,19,20);1H. The van der Waals surface area contributed by atoms with Crippen LogP contribution in [-0.2, 0) is 9.59 Å². The summed E-state index contributed by atoms with van der Waals surface area (Å²) in [4.78, 5) is 27.5. The Morgan fingerprint density at radius 1 is 1.04 bits per heavy atom. The van der Waals surface area contributed by atoms with Crippen LogP contribution in [0.1, 0.15) is 20.8 Å². The highest BCUT2D eigenvalue weighted by molar-refractivity contribution is 14.0. The molecule has 0 bridgehead atoms. The molecule has 0 fully saturated rings. The van der Waals surface area contributed by atoms with Crippen molar-refractivity contribution >= 4 is 47.4 Å². The van der Waals surface area contributed by atoms with Crippen LogP contribution in [0.5, 0.6) is 0 Å². The van der Waals surface area contributed by atoms with Crippen LogP contribution < -0.4 is 21.3 Å². The Labute approximate surface area is 164 Å². The van der Waals surface area contributed by atoms with Gasteiger partial charge in [-0.2, -0.15) is 0 Å². The molecule has 9 heteroatoms. The minimum absolute atomic E-state index is 0. The van der Waals surface area contributed by atoms with Crippen LogP contribution >= 0.6 is 24.0 Å². The topological polar surface area (TPSA) is 94.6 Å². The summed E-state index contributed by atoms with van der Waals surface area (Å²) in [5.41, 5.74) is 0.181. The number of nitrogens with one attached hydrogen (secondary N) is 4. The summed E-state index contributed by atoms with van der Waals surface area (Å²) in [5.74, 6) is -0.539. The molecular formula is C16H25FIN5O2. The van der Waals surface area contributed by atoms with Gasteiger partial charge in [-0.3, -0.25) is 14.6 Å². The zero-order chi connectivity index (χ0) is 18.2. The quantitative estimate of drug-likeness (QED) is 0.301. The fourth-order valence-electron chi connectivity index (χ4n) is 1.75. The average Bonchev–Trinajstić information content (AvgIpc) is 2.48. The normalized spacial score (nSPS) is 11.2. The van der Waals surface area contributed by atoms with E-state index in [9.17, 15) is 14.0 Å². The summed E-state index contributed by atoms with van der Waals surface area (Å²) in [6.07, 6.45) is 0. The summed E-state index contributed by atoms with van der Waals surface area (Å²) >= 11 is 0. The Bertz CT molecular complexity index is 600. The maximum atomic E-state index is 12.8. The van der Waals surface area contributed by atoms with E-state index in [1.165, 1.54) is 31.3 Å². The van der Waals surface area contributed by atoms with E-state index in [-0.39, 0.29) is 60.2 Å². The largest absolute Gasteiger partial charge is 0.350 e. The van der Waals surface area contributed by atoms with Crippen LogP contribution in [0, 0.1) is 5.82 Å². The molecule has 25 heavy (non-hydrogen) atoms. The Morgan fingerprint density at radius 3 is 2.04 bits per heavy atom. The van der Waals surface area contributed by atoms with Gasteiger partial charge in [0.1, 0.15) is 5.82 Å². The van der Waals surface area contributed by atoms with Crippen molar-refractivity contribution in [2.75, 3.05) is 25.5 Å². The minimum atomic E-state index is -0.371. The molecule has 0 atom stereocenters. The first-order valence-electron chi connectivity index (χ1n) is 7.50. The minimum Gasteiger partial charge on any atom is -0.350 e. The highest BCUT2D eigenvalue weighted by Crippen LogP contribution is 2.07. The lowest BCUT2D eigenvalue weighted by atomic mass is 10.1. The third-order valence-corrected chi connectivity index (χ3v) is 2.70. The van der Waals surface area contributed by atoms with E-state index in [1.54, 1.807) is 0 Å². The van der Waals surface area contributed by atoms with Crippen molar-refractivity contribution in [3.05, 3.63) is 30.1 Å². The molecule has 7 nitrogen and oxygen atoms in total. The maximum Gasteiger partial charge on any atom is 0.243 e. The summed E-state index contributed by atoms with van der Waals surface area (Å²) in [6, 6.07) is 5.46. The van der Waals surface area contributed by atoms with Gasteiger partial charge in [-0.15, -0.1) is 24.0 Å². The molecule has 0 saturated carbocycles. The first-order chi connectivity index (χ1) is 11.2. The predicted molar refractivity (Wildman–Crippen MR) is 108 cm³/mol. The van der Waals surface area contributed by atoms with Crippen molar-refractivity contribution in [3.63, 3.8) is 0 Å². The van der Waals surface area contributed by atoms with E-state index < -0.39 is 0 Å². The number of halogens is 2. The number of amides is 2. The van der Waals surface area contributed by atoms with Crippen molar-refractivity contribution in [1.82, 2.24) is 16.0 Å². The van der Waals surface area contributed by atoms with Crippen molar-refractivity contribution in [3.8, 4) is 0 Å². The number of rotatable bonds is 5. The molecule has 4 N–H and O–H groups in total. The van der Waals surface area contributed by atoms with Crippen molar-refractivity contribution in [2.24, 2.45) is 4.99 Å². The molecule has 0 aliphatic heterocycles. The summed E-state index contributed by atoms with van der Waals surface area (Å²) in [7, 11) is 1.54. The molecule has 1 aromatic carbocycles. The van der Waals surface area contributed by atoms with Gasteiger partial charge in [-0.1, -0.05) is 0 Å². The first kappa shape index (κ1) is 23.1. The summed E-state index contributed by atoms with van der Waals surface area (Å²) in [6.45, 7) is 5.65. The van der Waals surface area contributed by atoms with Crippen molar-refractivity contribution in [1.29, 1.82) is 0 Å². The molecule has 1 rings (SSSR count). The molecule has 1 aromatic rings. The summed E-state index contributed by atoms with van der Waals surface area (Å²) in [5, 5.41) is 11.0. The number of carbonyl (C=O) groups is 2. The summed E-state index contributed by atoms with van der Waals surface area (Å²) < 4.78 is 12.8. The van der Waals surface area contributed by atoms with Gasteiger partial charge in [0.2, 0.25) is 11.8 Å². The van der Waals surface area contributed by atoms with Crippen molar-refractivity contribution < 1.29 is 14.0 Å². The lowest BCUT2D eigenvalue weighted by Crippen LogP contribution is -2.49. The van der Waals surface area contributed by atoms with Gasteiger partial charge >= 0.3 is 0 Å². The third kappa shape index (κ3) is 10.5. The lowest BCUT2D eigenvalue weighted by molar-refractivity contribution is -0.121. The molecule has 2 amide bonds. The number of aliphatic imine (C=N–C) groups is 1. The van der Waals surface area contributed by atoms with E-state index in [0.29, 0.717) is 11.6 Å². The van der Waals surface area contributed by atoms with Gasteiger partial charge in [-0.05, 0) is 45.0 Å². The van der Waals surface area contributed by atoms with E-state index in [0.717, 1.165) is 0 Å². The second kappa shape index (κ2) is 10.9. The maximum absolute atomic E-state index is 12.8. The fourth-order valence-corrected chi connectivity index (χ4v) is 1.75. The van der Waals surface area contributed by atoms with Gasteiger partial charge in [0, 0.05) is 18.3 Å². The van der Waals surface area contributed by atoms with E-state index in [4.69, 9.17) is 0 Å². The average molecular weight is 465 g/mol. The van der Waals surface area contributed by atoms with Crippen LogP contribution in [0.15, 0.2) is 29.3 Å². The van der Waals surface area contributed by atoms with Crippen LogP contribution in [0.2, 0.25) is 0 Å². The van der Waals surface area contributed by atoms with E-state index in [2.05, 4.69) is 26.3 Å². The zero-order valence-corrected chi connectivity index (χ0v) is 17.1. The second-order valence-electron chi connectivity index (χ2n) is 6.13. The van der Waals surface area contributed by atoms with Crippen LogP contribution in [0.25, 0.3) is 0 Å². The predicted octanol–water partition coefficient (Wildman–Crippen LogP) is 1.46. The molecule has 0 heterocycles. The van der Waals surface area contributed by atoms with Crippen LogP contribution in [-0.4, -0.2) is 43.5 Å². The fraction of sp³-hybridized carbons (Fsp3) is 0.438. The molecular weight excluding hydrogens is 440 g/mol. The van der Waals surface area contributed by atoms with Gasteiger partial charge in [0.15, 0.2) is 5.96 Å². The number of benzene rings is 1. The lowest BCUT2D eigenvalue weighted by Gasteiger charge is -2.21. The number of guanidine groups is 1. The smallest absolute Gasteiger partial charge is 0.243 e. The Balaban J connectivity index is 0.00000576. The van der Waals surface area contributed by atoms with Crippen LogP contribution in [0.4, 0.5) is 10.1 Å². The zero-order valence-electron chi connectivity index (χ0n) is 14.8. The van der Waals surface area contributed by atoms with Gasteiger partial charge in [0.25, 0.3) is 0 Å². The number of carbonyl (C=O) groups excluding carboxylic acids is 2. The molecule has 0 aliphatic carbocycles.